The van der Waals surface area contributed by atoms with Gasteiger partial charge in [-0.05, 0) is 28.8 Å². The van der Waals surface area contributed by atoms with Gasteiger partial charge in [-0.15, -0.1) is 0 Å². The molecule has 0 atom stereocenters. The van der Waals surface area contributed by atoms with E-state index in [0.29, 0.717) is 12.2 Å². The van der Waals surface area contributed by atoms with Gasteiger partial charge in [0.1, 0.15) is 12.4 Å². The van der Waals surface area contributed by atoms with E-state index in [2.05, 4.69) is 0 Å². The highest BCUT2D eigenvalue weighted by molar-refractivity contribution is 5.83. The Morgan fingerprint density at radius 1 is 1.08 bits per heavy atom. The minimum absolute atomic E-state index is 0.0893. The maximum Gasteiger partial charge on any atom is 0.323 e. The second-order valence-electron chi connectivity index (χ2n) is 5.70. The van der Waals surface area contributed by atoms with Gasteiger partial charge in [-0.25, -0.2) is 4.39 Å². The highest BCUT2D eigenvalue weighted by Gasteiger charge is 2.18. The van der Waals surface area contributed by atoms with Gasteiger partial charge in [-0.3, -0.25) is 9.59 Å². The van der Waals surface area contributed by atoms with E-state index in [1.54, 1.807) is 7.11 Å². The Morgan fingerprint density at radius 3 is 2.40 bits per heavy atom. The van der Waals surface area contributed by atoms with E-state index in [9.17, 15) is 14.0 Å². The summed E-state index contributed by atoms with van der Waals surface area (Å²) >= 11 is 0. The largest absolute Gasteiger partial charge is 0.480 e. The molecule has 1 N–H and O–H groups in total. The molecule has 0 aliphatic rings. The normalized spacial score (nSPS) is 10.5. The Hall–Kier alpha value is -2.73. The van der Waals surface area contributed by atoms with Crippen LogP contribution >= 0.6 is 0 Å². The molecule has 0 radical (unpaired) electrons. The summed E-state index contributed by atoms with van der Waals surface area (Å²) in [6, 6.07) is 13.0. The molecule has 132 valence electrons. The fourth-order valence-electron chi connectivity index (χ4n) is 2.49. The summed E-state index contributed by atoms with van der Waals surface area (Å²) in [7, 11) is 1.59. The molecule has 0 saturated heterocycles. The number of amides is 1. The molecule has 0 heterocycles. The SMILES string of the molecule is COCc1cccc(CC(=O)N(CC(=O)O)Cc2ccc(F)cc2)c1. The van der Waals surface area contributed by atoms with Crippen molar-refractivity contribution in [1.82, 2.24) is 4.90 Å². The van der Waals surface area contributed by atoms with E-state index in [1.807, 2.05) is 24.3 Å². The average Bonchev–Trinajstić information content (AvgIpc) is 2.56. The quantitative estimate of drug-likeness (QED) is 0.799. The molecule has 0 spiro atoms. The van der Waals surface area contributed by atoms with Crippen LogP contribution in [0, 0.1) is 5.82 Å². The Kier molecular flexibility index (Phi) is 6.65. The summed E-state index contributed by atoms with van der Waals surface area (Å²) in [4.78, 5) is 24.9. The van der Waals surface area contributed by atoms with Crippen molar-refractivity contribution < 1.29 is 23.8 Å². The molecule has 2 rings (SSSR count). The summed E-state index contributed by atoms with van der Waals surface area (Å²) in [6.45, 7) is 0.146. The zero-order valence-corrected chi connectivity index (χ0v) is 13.9. The number of rotatable bonds is 8. The van der Waals surface area contributed by atoms with Crippen LogP contribution in [-0.4, -0.2) is 35.5 Å². The molecule has 1 amide bonds. The van der Waals surface area contributed by atoms with Gasteiger partial charge in [-0.2, -0.15) is 0 Å². The first kappa shape index (κ1) is 18.6. The lowest BCUT2D eigenvalue weighted by Gasteiger charge is -2.21. The van der Waals surface area contributed by atoms with Crippen LogP contribution in [-0.2, 0) is 33.9 Å². The fraction of sp³-hybridized carbons (Fsp3) is 0.263. The molecule has 0 aromatic heterocycles. The van der Waals surface area contributed by atoms with Crippen LogP contribution in [0.15, 0.2) is 48.5 Å². The van der Waals surface area contributed by atoms with Crippen LogP contribution in [0.3, 0.4) is 0 Å². The minimum atomic E-state index is -1.09. The van der Waals surface area contributed by atoms with Gasteiger partial charge >= 0.3 is 5.97 Å². The molecule has 0 bridgehead atoms. The molecule has 0 saturated carbocycles. The Labute approximate surface area is 145 Å². The lowest BCUT2D eigenvalue weighted by Crippen LogP contribution is -2.36. The Balaban J connectivity index is 2.10. The molecule has 6 heteroatoms. The standard InChI is InChI=1S/C19H20FNO4/c1-25-13-16-4-2-3-15(9-16)10-18(22)21(12-19(23)24)11-14-5-7-17(20)8-6-14/h2-9H,10-13H2,1H3,(H,23,24). The molecule has 25 heavy (non-hydrogen) atoms. The van der Waals surface area contributed by atoms with Crippen molar-refractivity contribution in [3.63, 3.8) is 0 Å². The van der Waals surface area contributed by atoms with E-state index >= 15 is 0 Å². The zero-order valence-electron chi connectivity index (χ0n) is 13.9. The van der Waals surface area contributed by atoms with Gasteiger partial charge in [0.15, 0.2) is 0 Å². The number of aliphatic carboxylic acids is 1. The zero-order chi connectivity index (χ0) is 18.2. The van der Waals surface area contributed by atoms with Crippen molar-refractivity contribution in [1.29, 1.82) is 0 Å². The molecule has 2 aromatic rings. The highest BCUT2D eigenvalue weighted by atomic mass is 19.1. The molecule has 2 aromatic carbocycles. The molecular weight excluding hydrogens is 325 g/mol. The number of halogens is 1. The smallest absolute Gasteiger partial charge is 0.323 e. The molecule has 0 aliphatic carbocycles. The fourth-order valence-corrected chi connectivity index (χ4v) is 2.49. The average molecular weight is 345 g/mol. The molecule has 0 aliphatic heterocycles. The van der Waals surface area contributed by atoms with Crippen LogP contribution in [0.4, 0.5) is 4.39 Å². The van der Waals surface area contributed by atoms with Gasteiger partial charge in [0.05, 0.1) is 13.0 Å². The number of ether oxygens (including phenoxy) is 1. The Morgan fingerprint density at radius 2 is 1.76 bits per heavy atom. The van der Waals surface area contributed by atoms with Crippen LogP contribution in [0.2, 0.25) is 0 Å². The van der Waals surface area contributed by atoms with Crippen molar-refractivity contribution in [2.24, 2.45) is 0 Å². The number of carboxylic acids is 1. The van der Waals surface area contributed by atoms with E-state index in [-0.39, 0.29) is 24.7 Å². The third-order valence-corrected chi connectivity index (χ3v) is 3.62. The summed E-state index contributed by atoms with van der Waals surface area (Å²) in [5, 5.41) is 9.06. The van der Waals surface area contributed by atoms with Crippen LogP contribution in [0.25, 0.3) is 0 Å². The molecule has 0 fully saturated rings. The third kappa shape index (κ3) is 6.00. The number of carboxylic acid groups (broad SMARTS) is 1. The van der Waals surface area contributed by atoms with E-state index in [0.717, 1.165) is 11.1 Å². The monoisotopic (exact) mass is 345 g/mol. The summed E-state index contributed by atoms with van der Waals surface area (Å²) in [6.07, 6.45) is 0.0893. The summed E-state index contributed by atoms with van der Waals surface area (Å²) in [5.41, 5.74) is 2.40. The number of nitrogens with zero attached hydrogens (tertiary/aromatic N) is 1. The van der Waals surface area contributed by atoms with Crippen LogP contribution in [0.5, 0.6) is 0 Å². The number of benzene rings is 2. The maximum absolute atomic E-state index is 13.0. The number of methoxy groups -OCH3 is 1. The van der Waals surface area contributed by atoms with Crippen LogP contribution < -0.4 is 0 Å². The van der Waals surface area contributed by atoms with Crippen molar-refractivity contribution in [2.45, 2.75) is 19.6 Å². The van der Waals surface area contributed by atoms with Gasteiger partial charge in [0, 0.05) is 13.7 Å². The van der Waals surface area contributed by atoms with Crippen molar-refractivity contribution >= 4 is 11.9 Å². The number of carbonyl (C=O) groups excluding carboxylic acids is 1. The first-order valence-corrected chi connectivity index (χ1v) is 7.78. The second kappa shape index (κ2) is 8.94. The lowest BCUT2D eigenvalue weighted by atomic mass is 10.1. The maximum atomic E-state index is 13.0. The highest BCUT2D eigenvalue weighted by Crippen LogP contribution is 2.11. The number of hydrogen-bond acceptors (Lipinski definition) is 3. The minimum Gasteiger partial charge on any atom is -0.480 e. The number of carbonyl (C=O) groups is 2. The summed E-state index contributed by atoms with van der Waals surface area (Å²) in [5.74, 6) is -1.78. The van der Waals surface area contributed by atoms with Gasteiger partial charge in [-0.1, -0.05) is 36.4 Å². The van der Waals surface area contributed by atoms with Gasteiger partial charge < -0.3 is 14.7 Å². The second-order valence-corrected chi connectivity index (χ2v) is 5.70. The van der Waals surface area contributed by atoms with E-state index in [1.165, 1.54) is 29.2 Å². The van der Waals surface area contributed by atoms with Crippen molar-refractivity contribution in [3.8, 4) is 0 Å². The van der Waals surface area contributed by atoms with E-state index in [4.69, 9.17) is 9.84 Å². The molecule has 5 nitrogen and oxygen atoms in total. The van der Waals surface area contributed by atoms with Crippen LogP contribution in [0.1, 0.15) is 16.7 Å². The van der Waals surface area contributed by atoms with Gasteiger partial charge in [0.2, 0.25) is 5.91 Å². The predicted molar refractivity (Wildman–Crippen MR) is 90.3 cm³/mol. The third-order valence-electron chi connectivity index (χ3n) is 3.62. The first-order chi connectivity index (χ1) is 12.0. The summed E-state index contributed by atoms with van der Waals surface area (Å²) < 4.78 is 18.1. The first-order valence-electron chi connectivity index (χ1n) is 7.78. The topological polar surface area (TPSA) is 66.8 Å². The molecular formula is C19H20FNO4. The molecule has 0 unspecified atom stereocenters. The lowest BCUT2D eigenvalue weighted by molar-refractivity contribution is -0.144. The Bertz CT molecular complexity index is 730. The van der Waals surface area contributed by atoms with Gasteiger partial charge in [0.25, 0.3) is 0 Å². The number of hydrogen-bond donors (Lipinski definition) is 1. The van der Waals surface area contributed by atoms with Crippen molar-refractivity contribution in [3.05, 3.63) is 71.0 Å². The van der Waals surface area contributed by atoms with Crippen molar-refractivity contribution in [2.75, 3.05) is 13.7 Å². The predicted octanol–water partition coefficient (Wildman–Crippen LogP) is 2.63. The van der Waals surface area contributed by atoms with E-state index < -0.39 is 12.5 Å².